The molecule has 0 unspecified atom stereocenters. The molecule has 1 nitrogen and oxygen atoms in total. The van der Waals surface area contributed by atoms with E-state index in [-0.39, 0.29) is 5.82 Å². The fourth-order valence-corrected chi connectivity index (χ4v) is 2.09. The van der Waals surface area contributed by atoms with Gasteiger partial charge in [-0.15, -0.1) is 0 Å². The van der Waals surface area contributed by atoms with E-state index < -0.39 is 0 Å². The Morgan fingerprint density at radius 2 is 1.82 bits per heavy atom. The summed E-state index contributed by atoms with van der Waals surface area (Å²) in [6.07, 6.45) is 1.73. The van der Waals surface area contributed by atoms with E-state index in [1.165, 1.54) is 6.07 Å². The second-order valence-electron chi connectivity index (χ2n) is 3.82. The molecule has 0 spiro atoms. The summed E-state index contributed by atoms with van der Waals surface area (Å²) in [4.78, 5) is 0. The number of fused-ring (bicyclic) bond motifs is 1. The molecule has 2 aromatic carbocycles. The summed E-state index contributed by atoms with van der Waals surface area (Å²) in [5, 5.41) is 0.628. The average molecular weight is 245 g/mol. The van der Waals surface area contributed by atoms with Crippen LogP contribution in [0.2, 0.25) is 5.02 Å². The van der Waals surface area contributed by atoms with Crippen molar-refractivity contribution in [3.63, 3.8) is 0 Å². The second-order valence-corrected chi connectivity index (χ2v) is 4.25. The van der Waals surface area contributed by atoms with Gasteiger partial charge in [0.2, 0.25) is 0 Å². The smallest absolute Gasteiger partial charge is 0.206 e. The number of benzene rings is 2. The summed E-state index contributed by atoms with van der Waals surface area (Å²) >= 11 is 5.95. The van der Waals surface area contributed by atoms with Crippen molar-refractivity contribution in [2.75, 3.05) is 0 Å². The van der Waals surface area contributed by atoms with E-state index >= 15 is 0 Å². The largest absolute Gasteiger partial charge is 0.345 e. The zero-order valence-corrected chi connectivity index (χ0v) is 9.58. The first kappa shape index (κ1) is 10.3. The molecule has 1 aliphatic rings. The molecule has 2 aromatic rings. The van der Waals surface area contributed by atoms with E-state index in [9.17, 15) is 4.39 Å². The number of halogens is 2. The molecular weight excluding hydrogens is 237 g/mol. The van der Waals surface area contributed by atoms with E-state index in [2.05, 4.69) is 4.67 Å². The molecule has 0 atom stereocenters. The van der Waals surface area contributed by atoms with Gasteiger partial charge in [0, 0.05) is 5.02 Å². The van der Waals surface area contributed by atoms with Crippen molar-refractivity contribution >= 4 is 23.5 Å². The standard InChI is InChI=1S/C14H8ClFN/c15-10-6-5-9-8-17-14(12(9)7-10)11-3-1-2-4-13(11)16/h1-8H/q+1. The van der Waals surface area contributed by atoms with Crippen LogP contribution in [-0.2, 0) is 0 Å². The maximum atomic E-state index is 13.7. The predicted molar refractivity (Wildman–Crippen MR) is 68.4 cm³/mol. The van der Waals surface area contributed by atoms with Crippen LogP contribution in [0.3, 0.4) is 0 Å². The minimum Gasteiger partial charge on any atom is -0.206 e. The van der Waals surface area contributed by atoms with E-state index in [4.69, 9.17) is 11.6 Å². The summed E-state index contributed by atoms with van der Waals surface area (Å²) in [7, 11) is 0. The molecule has 0 saturated heterocycles. The molecule has 0 amide bonds. The molecule has 17 heavy (non-hydrogen) atoms. The predicted octanol–water partition coefficient (Wildman–Crippen LogP) is 2.82. The van der Waals surface area contributed by atoms with Gasteiger partial charge in [0.1, 0.15) is 11.4 Å². The van der Waals surface area contributed by atoms with Crippen molar-refractivity contribution in [2.24, 2.45) is 0 Å². The minimum atomic E-state index is -0.271. The lowest BCUT2D eigenvalue weighted by Crippen LogP contribution is -2.06. The number of hydrogen-bond donors (Lipinski definition) is 0. The molecular formula is C14H8ClFN+. The third-order valence-corrected chi connectivity index (χ3v) is 2.97. The van der Waals surface area contributed by atoms with Gasteiger partial charge in [0.05, 0.1) is 11.1 Å². The minimum absolute atomic E-state index is 0.271. The normalized spacial score (nSPS) is 12.5. The highest BCUT2D eigenvalue weighted by Gasteiger charge is 2.28. The fourth-order valence-electron chi connectivity index (χ4n) is 1.92. The van der Waals surface area contributed by atoms with Crippen LogP contribution in [0.25, 0.3) is 0 Å². The van der Waals surface area contributed by atoms with Crippen LogP contribution in [0.15, 0.2) is 42.5 Å². The van der Waals surface area contributed by atoms with Gasteiger partial charge in [-0.05, 0) is 30.3 Å². The third kappa shape index (κ3) is 1.68. The van der Waals surface area contributed by atoms with Crippen LogP contribution >= 0.6 is 11.6 Å². The Kier molecular flexibility index (Phi) is 2.32. The molecule has 3 heteroatoms. The Morgan fingerprint density at radius 3 is 2.65 bits per heavy atom. The van der Waals surface area contributed by atoms with Crippen LogP contribution in [0.5, 0.6) is 0 Å². The Balaban J connectivity index is 2.19. The molecule has 0 N–H and O–H groups in total. The van der Waals surface area contributed by atoms with Gasteiger partial charge in [0.15, 0.2) is 0 Å². The molecule has 1 heterocycles. The Hall–Kier alpha value is -1.89. The monoisotopic (exact) mass is 244 g/mol. The first-order chi connectivity index (χ1) is 8.25. The maximum Gasteiger partial charge on any atom is 0.345 e. The van der Waals surface area contributed by atoms with Crippen LogP contribution in [-0.4, -0.2) is 11.9 Å². The molecule has 0 fully saturated rings. The van der Waals surface area contributed by atoms with Crippen molar-refractivity contribution in [2.45, 2.75) is 0 Å². The SMILES string of the molecule is Fc1ccccc1C1=[N+]=Cc2ccc(Cl)cc21. The molecule has 0 aliphatic carbocycles. The zero-order chi connectivity index (χ0) is 11.8. The molecule has 3 rings (SSSR count). The lowest BCUT2D eigenvalue weighted by atomic mass is 9.99. The van der Waals surface area contributed by atoms with Gasteiger partial charge >= 0.3 is 11.9 Å². The van der Waals surface area contributed by atoms with Gasteiger partial charge in [-0.25, -0.2) is 4.39 Å². The van der Waals surface area contributed by atoms with Crippen LogP contribution in [0.1, 0.15) is 16.7 Å². The van der Waals surface area contributed by atoms with Gasteiger partial charge in [-0.2, -0.15) is 0 Å². The van der Waals surface area contributed by atoms with Crippen LogP contribution in [0, 0.1) is 5.82 Å². The summed E-state index contributed by atoms with van der Waals surface area (Å²) in [6.45, 7) is 0. The fraction of sp³-hybridized carbons (Fsp3) is 0. The van der Waals surface area contributed by atoms with Crippen molar-refractivity contribution < 1.29 is 4.39 Å². The molecule has 0 radical (unpaired) electrons. The third-order valence-electron chi connectivity index (χ3n) is 2.73. The average Bonchev–Trinajstić information content (AvgIpc) is 2.72. The molecule has 0 aromatic heterocycles. The van der Waals surface area contributed by atoms with Gasteiger partial charge in [0.25, 0.3) is 0 Å². The molecule has 0 bridgehead atoms. The first-order valence-corrected chi connectivity index (χ1v) is 5.59. The first-order valence-electron chi connectivity index (χ1n) is 5.21. The summed E-state index contributed by atoms with van der Waals surface area (Å²) in [5.74, 6) is -0.271. The Bertz CT molecular complexity index is 670. The summed E-state index contributed by atoms with van der Waals surface area (Å²) < 4.78 is 18.0. The lowest BCUT2D eigenvalue weighted by molar-refractivity contribution is 0.625. The maximum absolute atomic E-state index is 13.7. The Morgan fingerprint density at radius 1 is 1.00 bits per heavy atom. The van der Waals surface area contributed by atoms with E-state index in [1.54, 1.807) is 30.5 Å². The molecule has 1 aliphatic heterocycles. The van der Waals surface area contributed by atoms with Gasteiger partial charge < -0.3 is 0 Å². The zero-order valence-electron chi connectivity index (χ0n) is 8.82. The summed E-state index contributed by atoms with van der Waals surface area (Å²) in [5.41, 5.74) is 2.99. The van der Waals surface area contributed by atoms with Crippen molar-refractivity contribution in [1.82, 2.24) is 4.67 Å². The summed E-state index contributed by atoms with van der Waals surface area (Å²) in [6, 6.07) is 12.1. The van der Waals surface area contributed by atoms with Crippen molar-refractivity contribution in [3.8, 4) is 0 Å². The highest BCUT2D eigenvalue weighted by Crippen LogP contribution is 2.21. The van der Waals surface area contributed by atoms with E-state index in [0.717, 1.165) is 11.1 Å². The lowest BCUT2D eigenvalue weighted by Gasteiger charge is -1.98. The van der Waals surface area contributed by atoms with E-state index in [0.29, 0.717) is 16.3 Å². The highest BCUT2D eigenvalue weighted by atomic mass is 35.5. The highest BCUT2D eigenvalue weighted by molar-refractivity contribution is 6.32. The number of hydrogen-bond acceptors (Lipinski definition) is 0. The number of nitrogens with zero attached hydrogens (tertiary/aromatic N) is 1. The second kappa shape index (κ2) is 3.85. The number of rotatable bonds is 1. The van der Waals surface area contributed by atoms with Crippen molar-refractivity contribution in [3.05, 3.63) is 70.0 Å². The van der Waals surface area contributed by atoms with Gasteiger partial charge in [-0.3, -0.25) is 0 Å². The molecule has 0 saturated carbocycles. The van der Waals surface area contributed by atoms with E-state index in [1.807, 2.05) is 12.1 Å². The Labute approximate surface area is 103 Å². The molecule has 82 valence electrons. The van der Waals surface area contributed by atoms with Crippen LogP contribution in [0.4, 0.5) is 4.39 Å². The quantitative estimate of drug-likeness (QED) is 0.585. The van der Waals surface area contributed by atoms with Crippen molar-refractivity contribution in [1.29, 1.82) is 0 Å². The topological polar surface area (TPSA) is 14.1 Å². The van der Waals surface area contributed by atoms with Gasteiger partial charge in [-0.1, -0.05) is 28.4 Å². The van der Waals surface area contributed by atoms with Crippen LogP contribution < -0.4 is 4.67 Å².